The zero-order valence-corrected chi connectivity index (χ0v) is 18.9. The van der Waals surface area contributed by atoms with Crippen LogP contribution in [0.15, 0.2) is 54.0 Å². The van der Waals surface area contributed by atoms with Gasteiger partial charge >= 0.3 is 0 Å². The summed E-state index contributed by atoms with van der Waals surface area (Å²) in [6.07, 6.45) is 2.01. The van der Waals surface area contributed by atoms with Gasteiger partial charge < -0.3 is 10.3 Å². The maximum Gasteiger partial charge on any atom is 0.201 e. The Bertz CT molecular complexity index is 1330. The highest BCUT2D eigenvalue weighted by Gasteiger charge is 2.19. The Balaban J connectivity index is 0.00000112. The van der Waals surface area contributed by atoms with E-state index in [0.29, 0.717) is 11.9 Å². The largest absolute Gasteiger partial charge is 0.369 e. The molecule has 0 aliphatic rings. The van der Waals surface area contributed by atoms with Gasteiger partial charge in [0, 0.05) is 29.2 Å². The van der Waals surface area contributed by atoms with E-state index >= 15 is 0 Å². The Labute approximate surface area is 185 Å². The molecule has 0 fully saturated rings. The van der Waals surface area contributed by atoms with E-state index in [-0.39, 0.29) is 5.82 Å². The van der Waals surface area contributed by atoms with Crippen molar-refractivity contribution in [2.24, 2.45) is 5.92 Å². The summed E-state index contributed by atoms with van der Waals surface area (Å²) in [4.78, 5) is 10.2. The standard InChI is InChI=1S/C22H20FN5S.C2H6/c1-13(2)12-28-18-11-15(5-8-17(18)25-21(28)24)20-19(14-3-6-16(23)7-4-14)26-22-27(20)9-10-29-22;1-2/h3-11,13H,12H2,1-2H3,(H2,24,25);1-2H3. The number of imidazole rings is 2. The summed E-state index contributed by atoms with van der Waals surface area (Å²) in [5.41, 5.74) is 11.8. The first-order chi connectivity index (χ1) is 15.0. The lowest BCUT2D eigenvalue weighted by atomic mass is 10.0. The van der Waals surface area contributed by atoms with Gasteiger partial charge in [-0.1, -0.05) is 33.8 Å². The van der Waals surface area contributed by atoms with Crippen LogP contribution in [0.3, 0.4) is 0 Å². The minimum Gasteiger partial charge on any atom is -0.369 e. The molecule has 160 valence electrons. The van der Waals surface area contributed by atoms with Crippen molar-refractivity contribution in [3.05, 3.63) is 59.9 Å². The molecule has 0 spiro atoms. The van der Waals surface area contributed by atoms with Crippen LogP contribution < -0.4 is 5.73 Å². The van der Waals surface area contributed by atoms with Crippen molar-refractivity contribution in [3.8, 4) is 22.5 Å². The number of hydrogen-bond acceptors (Lipinski definition) is 4. The summed E-state index contributed by atoms with van der Waals surface area (Å²) >= 11 is 1.57. The van der Waals surface area contributed by atoms with Crippen molar-refractivity contribution in [1.29, 1.82) is 0 Å². The molecule has 5 rings (SSSR count). The molecule has 2 aromatic carbocycles. The van der Waals surface area contributed by atoms with Crippen LogP contribution in [0.4, 0.5) is 10.3 Å². The smallest absolute Gasteiger partial charge is 0.201 e. The van der Waals surface area contributed by atoms with E-state index in [9.17, 15) is 4.39 Å². The van der Waals surface area contributed by atoms with Gasteiger partial charge in [0.2, 0.25) is 5.95 Å². The average Bonchev–Trinajstić information content (AvgIpc) is 3.43. The molecule has 3 aromatic heterocycles. The highest BCUT2D eigenvalue weighted by Crippen LogP contribution is 2.36. The molecule has 31 heavy (non-hydrogen) atoms. The van der Waals surface area contributed by atoms with E-state index in [1.165, 1.54) is 12.1 Å². The fourth-order valence-electron chi connectivity index (χ4n) is 3.72. The van der Waals surface area contributed by atoms with Crippen LogP contribution in [-0.4, -0.2) is 18.9 Å². The number of thiazole rings is 1. The van der Waals surface area contributed by atoms with Crippen molar-refractivity contribution in [1.82, 2.24) is 18.9 Å². The monoisotopic (exact) mass is 435 g/mol. The predicted molar refractivity (Wildman–Crippen MR) is 128 cm³/mol. The number of nitrogens with zero attached hydrogens (tertiary/aromatic N) is 4. The zero-order valence-electron chi connectivity index (χ0n) is 18.1. The summed E-state index contributed by atoms with van der Waals surface area (Å²) in [5, 5.41) is 2.01. The third kappa shape index (κ3) is 3.81. The van der Waals surface area contributed by atoms with Gasteiger partial charge in [0.1, 0.15) is 5.82 Å². The minimum absolute atomic E-state index is 0.259. The number of fused-ring (bicyclic) bond motifs is 2. The van der Waals surface area contributed by atoms with Crippen LogP contribution in [0.2, 0.25) is 0 Å². The van der Waals surface area contributed by atoms with Gasteiger partial charge in [-0.15, -0.1) is 11.3 Å². The zero-order chi connectivity index (χ0) is 22.1. The van der Waals surface area contributed by atoms with Crippen LogP contribution in [0, 0.1) is 11.7 Å². The van der Waals surface area contributed by atoms with Crippen molar-refractivity contribution >= 4 is 33.3 Å². The van der Waals surface area contributed by atoms with Crippen LogP contribution in [0.1, 0.15) is 27.7 Å². The third-order valence-corrected chi connectivity index (χ3v) is 5.74. The molecular weight excluding hydrogens is 409 g/mol. The first-order valence-corrected chi connectivity index (χ1v) is 11.4. The predicted octanol–water partition coefficient (Wildman–Crippen LogP) is 6.48. The van der Waals surface area contributed by atoms with E-state index in [1.807, 2.05) is 37.6 Å². The van der Waals surface area contributed by atoms with Gasteiger partial charge in [-0.3, -0.25) is 4.40 Å². The molecule has 2 N–H and O–H groups in total. The number of nitrogen functional groups attached to an aromatic ring is 1. The second-order valence-electron chi connectivity index (χ2n) is 7.55. The molecule has 0 amide bonds. The molecule has 0 atom stereocenters. The quantitative estimate of drug-likeness (QED) is 0.351. The number of benzene rings is 2. The Morgan fingerprint density at radius 3 is 2.45 bits per heavy atom. The highest BCUT2D eigenvalue weighted by molar-refractivity contribution is 7.15. The molecule has 0 aliphatic carbocycles. The molecule has 5 aromatic rings. The second-order valence-corrected chi connectivity index (χ2v) is 8.42. The van der Waals surface area contributed by atoms with E-state index in [0.717, 1.165) is 45.1 Å². The molecule has 3 heterocycles. The molecule has 0 saturated heterocycles. The fraction of sp³-hybridized carbons (Fsp3) is 0.250. The van der Waals surface area contributed by atoms with Crippen molar-refractivity contribution in [2.45, 2.75) is 34.2 Å². The molecule has 7 heteroatoms. The summed E-state index contributed by atoms with van der Waals surface area (Å²) in [7, 11) is 0. The van der Waals surface area contributed by atoms with Gasteiger partial charge in [-0.25, -0.2) is 14.4 Å². The van der Waals surface area contributed by atoms with Crippen molar-refractivity contribution < 1.29 is 4.39 Å². The Hall–Kier alpha value is -3.19. The SMILES string of the molecule is CC.CC(C)Cn1c(N)nc2ccc(-c3c(-c4ccc(F)cc4)nc4sccn34)cc21. The molecule has 0 unspecified atom stereocenters. The van der Waals surface area contributed by atoms with Gasteiger partial charge in [0.05, 0.1) is 22.4 Å². The normalized spacial score (nSPS) is 11.3. The van der Waals surface area contributed by atoms with Gasteiger partial charge in [-0.2, -0.15) is 0 Å². The average molecular weight is 436 g/mol. The lowest BCUT2D eigenvalue weighted by molar-refractivity contribution is 0.538. The van der Waals surface area contributed by atoms with Crippen molar-refractivity contribution in [3.63, 3.8) is 0 Å². The van der Waals surface area contributed by atoms with E-state index in [1.54, 1.807) is 23.5 Å². The Morgan fingerprint density at radius 1 is 1.03 bits per heavy atom. The molecular formula is C24H26FN5S. The number of rotatable bonds is 4. The lowest BCUT2D eigenvalue weighted by Crippen LogP contribution is -2.07. The fourth-order valence-corrected chi connectivity index (χ4v) is 4.43. The Kier molecular flexibility index (Phi) is 5.78. The highest BCUT2D eigenvalue weighted by atomic mass is 32.1. The number of halogens is 1. The van der Waals surface area contributed by atoms with Gasteiger partial charge in [-0.05, 0) is 42.3 Å². The summed E-state index contributed by atoms with van der Waals surface area (Å²) in [6.45, 7) is 9.12. The number of hydrogen-bond donors (Lipinski definition) is 1. The van der Waals surface area contributed by atoms with E-state index in [2.05, 4.69) is 33.9 Å². The molecule has 0 aliphatic heterocycles. The lowest BCUT2D eigenvalue weighted by Gasteiger charge is -2.10. The van der Waals surface area contributed by atoms with Crippen molar-refractivity contribution in [2.75, 3.05) is 5.73 Å². The summed E-state index contributed by atoms with van der Waals surface area (Å²) < 4.78 is 17.6. The van der Waals surface area contributed by atoms with Gasteiger partial charge in [0.25, 0.3) is 0 Å². The minimum atomic E-state index is -0.259. The summed E-state index contributed by atoms with van der Waals surface area (Å²) in [6, 6.07) is 12.6. The van der Waals surface area contributed by atoms with Crippen LogP contribution in [0.5, 0.6) is 0 Å². The number of nitrogens with two attached hydrogens (primary N) is 1. The topological polar surface area (TPSA) is 61.1 Å². The number of anilines is 1. The maximum absolute atomic E-state index is 13.5. The first-order valence-electron chi connectivity index (χ1n) is 10.5. The molecule has 0 saturated carbocycles. The third-order valence-electron chi connectivity index (χ3n) is 4.98. The molecule has 5 nitrogen and oxygen atoms in total. The van der Waals surface area contributed by atoms with Gasteiger partial charge in [0.15, 0.2) is 4.96 Å². The number of aromatic nitrogens is 4. The second kappa shape index (κ2) is 8.51. The van der Waals surface area contributed by atoms with Crippen LogP contribution in [0.25, 0.3) is 38.5 Å². The first kappa shape index (κ1) is 21.1. The molecule has 0 bridgehead atoms. The van der Waals surface area contributed by atoms with Crippen LogP contribution in [-0.2, 0) is 6.54 Å². The van der Waals surface area contributed by atoms with Crippen LogP contribution >= 0.6 is 11.3 Å². The Morgan fingerprint density at radius 2 is 1.74 bits per heavy atom. The summed E-state index contributed by atoms with van der Waals surface area (Å²) in [5.74, 6) is 0.719. The molecule has 0 radical (unpaired) electrons. The van der Waals surface area contributed by atoms with E-state index < -0.39 is 0 Å². The maximum atomic E-state index is 13.5. The van der Waals surface area contributed by atoms with E-state index in [4.69, 9.17) is 10.7 Å².